The zero-order valence-corrected chi connectivity index (χ0v) is 23.1. The third-order valence-electron chi connectivity index (χ3n) is 5.22. The summed E-state index contributed by atoms with van der Waals surface area (Å²) < 4.78 is 0. The highest BCUT2D eigenvalue weighted by Gasteiger charge is 2.20. The zero-order valence-electron chi connectivity index (χ0n) is 23.1. The smallest absolute Gasteiger partial charge is 0.320 e. The lowest BCUT2D eigenvalue weighted by molar-refractivity contribution is -0.139. The predicted octanol–water partition coefficient (Wildman–Crippen LogP) is -2.67. The van der Waals surface area contributed by atoms with E-state index in [1.807, 2.05) is 0 Å². The standard InChI is InChI=1S/C6H14N4O2.2C6H14N2O2.C5H9NO2/c7-4(5(11)12)2-1-3-10-6(8)9;2*7-4-2-1-3-5(8)6(9)10;7-5(8)4-2-1-3-6-4/h4H,1-3,7H2,(H,11,12)(H4,8,9,10);2*5H,1-4,7-8H2,(H,9,10);4,6H,1-3H2,(H,7,8)/t4-;2*5-;4-/m0000/s1. The maximum atomic E-state index is 10.2. The van der Waals surface area contributed by atoms with E-state index in [4.69, 9.17) is 60.6 Å². The first-order chi connectivity index (χ1) is 18.7. The number of guanidine groups is 1. The Kier molecular flexibility index (Phi) is 28.4. The van der Waals surface area contributed by atoms with Gasteiger partial charge >= 0.3 is 23.9 Å². The number of rotatable bonds is 16. The van der Waals surface area contributed by atoms with Crippen molar-refractivity contribution >= 4 is 29.8 Å². The molecule has 1 heterocycles. The van der Waals surface area contributed by atoms with Gasteiger partial charge in [0.15, 0.2) is 5.96 Å². The summed E-state index contributed by atoms with van der Waals surface area (Å²) in [6.07, 6.45) is 7.07. The van der Waals surface area contributed by atoms with Crippen LogP contribution in [0.3, 0.4) is 0 Å². The number of aliphatic imine (C=N–C) groups is 1. The van der Waals surface area contributed by atoms with Crippen LogP contribution in [0.4, 0.5) is 0 Å². The minimum atomic E-state index is -1.00. The molecule has 236 valence electrons. The van der Waals surface area contributed by atoms with Gasteiger partial charge in [-0.1, -0.05) is 12.8 Å². The molecular weight excluding hydrogens is 530 g/mol. The first-order valence-corrected chi connectivity index (χ1v) is 13.1. The topological polar surface area (TPSA) is 356 Å². The molecule has 1 saturated heterocycles. The number of carboxylic acid groups (broad SMARTS) is 4. The van der Waals surface area contributed by atoms with E-state index >= 15 is 0 Å². The van der Waals surface area contributed by atoms with Gasteiger partial charge in [0, 0.05) is 6.54 Å². The molecule has 1 fully saturated rings. The van der Waals surface area contributed by atoms with Crippen LogP contribution in [0.5, 0.6) is 0 Å². The molecule has 0 aromatic heterocycles. The summed E-state index contributed by atoms with van der Waals surface area (Å²) in [5.41, 5.74) is 36.2. The molecule has 1 aliphatic rings. The lowest BCUT2D eigenvalue weighted by Gasteiger charge is -2.03. The van der Waals surface area contributed by atoms with E-state index in [0.717, 1.165) is 45.1 Å². The molecule has 0 saturated carbocycles. The molecule has 17 nitrogen and oxygen atoms in total. The van der Waals surface area contributed by atoms with E-state index in [-0.39, 0.29) is 12.0 Å². The van der Waals surface area contributed by atoms with Gasteiger partial charge in [-0.2, -0.15) is 0 Å². The Morgan fingerprint density at radius 1 is 0.725 bits per heavy atom. The van der Waals surface area contributed by atoms with Gasteiger partial charge in [0.25, 0.3) is 0 Å². The molecule has 19 N–H and O–H groups in total. The van der Waals surface area contributed by atoms with E-state index < -0.39 is 42.0 Å². The van der Waals surface area contributed by atoms with Gasteiger partial charge in [-0.05, 0) is 71.0 Å². The van der Waals surface area contributed by atoms with Crippen LogP contribution >= 0.6 is 0 Å². The molecule has 0 aromatic carbocycles. The maximum absolute atomic E-state index is 10.2. The molecule has 0 spiro atoms. The third-order valence-corrected chi connectivity index (χ3v) is 5.22. The summed E-state index contributed by atoms with van der Waals surface area (Å²) in [6, 6.07) is -2.52. The number of carboxylic acids is 4. The summed E-state index contributed by atoms with van der Waals surface area (Å²) in [6.45, 7) is 2.49. The van der Waals surface area contributed by atoms with Crippen LogP contribution in [0, 0.1) is 0 Å². The Hall–Kier alpha value is -3.09. The molecule has 0 aromatic rings. The van der Waals surface area contributed by atoms with Crippen molar-refractivity contribution in [3.05, 3.63) is 0 Å². The van der Waals surface area contributed by atoms with E-state index in [1.165, 1.54) is 0 Å². The van der Waals surface area contributed by atoms with Gasteiger partial charge in [-0.25, -0.2) is 0 Å². The van der Waals surface area contributed by atoms with Crippen LogP contribution in [0.1, 0.15) is 64.2 Å². The Labute approximate surface area is 234 Å². The normalized spacial score (nSPS) is 15.8. The molecule has 0 radical (unpaired) electrons. The fourth-order valence-electron chi connectivity index (χ4n) is 2.80. The van der Waals surface area contributed by atoms with Crippen LogP contribution in [0.25, 0.3) is 0 Å². The molecule has 40 heavy (non-hydrogen) atoms. The second-order valence-corrected chi connectivity index (χ2v) is 8.84. The van der Waals surface area contributed by atoms with E-state index in [0.29, 0.717) is 45.3 Å². The average molecular weight is 582 g/mol. The van der Waals surface area contributed by atoms with E-state index in [1.54, 1.807) is 0 Å². The Bertz CT molecular complexity index is 692. The highest BCUT2D eigenvalue weighted by atomic mass is 16.4. The number of carbonyl (C=O) groups is 4. The number of aliphatic carboxylic acids is 4. The van der Waals surface area contributed by atoms with Gasteiger partial charge in [0.2, 0.25) is 0 Å². The van der Waals surface area contributed by atoms with Crippen LogP contribution in [0.15, 0.2) is 4.99 Å². The van der Waals surface area contributed by atoms with Crippen LogP contribution < -0.4 is 45.5 Å². The molecule has 0 amide bonds. The van der Waals surface area contributed by atoms with Gasteiger partial charge < -0.3 is 65.9 Å². The van der Waals surface area contributed by atoms with Crippen molar-refractivity contribution < 1.29 is 39.6 Å². The number of nitrogens with zero attached hydrogens (tertiary/aromatic N) is 1. The lowest BCUT2D eigenvalue weighted by Crippen LogP contribution is -2.30. The minimum Gasteiger partial charge on any atom is -0.480 e. The highest BCUT2D eigenvalue weighted by Crippen LogP contribution is 2.03. The first kappa shape index (κ1) is 41.4. The molecular formula is C23H51N9O8. The fraction of sp³-hybridized carbons (Fsp3) is 0.783. The number of unbranched alkanes of at least 4 members (excludes halogenated alkanes) is 2. The molecule has 1 aliphatic heterocycles. The monoisotopic (exact) mass is 581 g/mol. The van der Waals surface area contributed by atoms with Crippen molar-refractivity contribution in [2.24, 2.45) is 45.1 Å². The molecule has 4 atom stereocenters. The molecule has 0 aliphatic carbocycles. The zero-order chi connectivity index (χ0) is 31.5. The minimum absolute atomic E-state index is 0.0129. The summed E-state index contributed by atoms with van der Waals surface area (Å²) in [4.78, 5) is 44.3. The van der Waals surface area contributed by atoms with Crippen molar-refractivity contribution in [2.75, 3.05) is 26.2 Å². The number of nitrogens with one attached hydrogen (secondary N) is 1. The fourth-order valence-corrected chi connectivity index (χ4v) is 2.80. The SMILES string of the molecule is NC(N)=NCCC[C@H](N)C(=O)O.NCCCC[C@H](N)C(=O)O.NCCCC[C@H](N)C(=O)O.O=C(O)[C@@H]1CCCN1. The summed E-state index contributed by atoms with van der Waals surface area (Å²) in [5, 5.41) is 36.2. The van der Waals surface area contributed by atoms with Crippen LogP contribution in [-0.4, -0.2) is 101 Å². The molecule has 0 bridgehead atoms. The van der Waals surface area contributed by atoms with Crippen molar-refractivity contribution in [1.29, 1.82) is 0 Å². The van der Waals surface area contributed by atoms with Crippen LogP contribution in [-0.2, 0) is 19.2 Å². The van der Waals surface area contributed by atoms with Gasteiger partial charge in [-0.3, -0.25) is 24.2 Å². The Morgan fingerprint density at radius 3 is 1.38 bits per heavy atom. The van der Waals surface area contributed by atoms with Gasteiger partial charge in [0.05, 0.1) is 0 Å². The molecule has 0 unspecified atom stereocenters. The second-order valence-electron chi connectivity index (χ2n) is 8.84. The Balaban J connectivity index is -0.000000460. The Morgan fingerprint density at radius 2 is 1.12 bits per heavy atom. The van der Waals surface area contributed by atoms with Crippen molar-refractivity contribution in [3.8, 4) is 0 Å². The molecule has 1 rings (SSSR count). The quantitative estimate of drug-likeness (QED) is 0.0502. The summed E-state index contributed by atoms with van der Waals surface area (Å²) in [5.74, 6) is -3.57. The first-order valence-electron chi connectivity index (χ1n) is 13.1. The van der Waals surface area contributed by atoms with Crippen molar-refractivity contribution in [3.63, 3.8) is 0 Å². The largest absolute Gasteiger partial charge is 0.480 e. The predicted molar refractivity (Wildman–Crippen MR) is 151 cm³/mol. The number of hydrogen-bond donors (Lipinski definition) is 12. The summed E-state index contributed by atoms with van der Waals surface area (Å²) >= 11 is 0. The van der Waals surface area contributed by atoms with Gasteiger partial charge in [0.1, 0.15) is 24.2 Å². The van der Waals surface area contributed by atoms with E-state index in [9.17, 15) is 19.2 Å². The van der Waals surface area contributed by atoms with Crippen LogP contribution in [0.2, 0.25) is 0 Å². The lowest BCUT2D eigenvalue weighted by atomic mass is 10.1. The van der Waals surface area contributed by atoms with Gasteiger partial charge in [-0.15, -0.1) is 0 Å². The number of nitrogens with two attached hydrogens (primary N) is 7. The highest BCUT2D eigenvalue weighted by molar-refractivity contribution is 5.75. The maximum Gasteiger partial charge on any atom is 0.320 e. The van der Waals surface area contributed by atoms with Crippen molar-refractivity contribution in [1.82, 2.24) is 5.32 Å². The third kappa shape index (κ3) is 29.5. The summed E-state index contributed by atoms with van der Waals surface area (Å²) in [7, 11) is 0. The van der Waals surface area contributed by atoms with Crippen molar-refractivity contribution in [2.45, 2.75) is 88.4 Å². The van der Waals surface area contributed by atoms with E-state index in [2.05, 4.69) is 10.3 Å². The second kappa shape index (κ2) is 27.5. The number of hydrogen-bond acceptors (Lipinski definition) is 11. The molecule has 17 heteroatoms. The average Bonchev–Trinajstić information content (AvgIpc) is 3.43.